The standard InChI is InChI=1S/C20H28Si2/c1-21(2,19-13-7-5-8-14-19)17-11-12-18-22(3,4)20-15-9-6-10-16-20/h5-16H,17-18H2,1-4H3/b12-11+. The van der Waals surface area contributed by atoms with Gasteiger partial charge in [0, 0.05) is 0 Å². The molecule has 2 aromatic rings. The summed E-state index contributed by atoms with van der Waals surface area (Å²) in [5.74, 6) is 0. The lowest BCUT2D eigenvalue weighted by atomic mass is 10.4. The van der Waals surface area contributed by atoms with E-state index in [-0.39, 0.29) is 0 Å². The predicted molar refractivity (Wildman–Crippen MR) is 106 cm³/mol. The minimum absolute atomic E-state index is 1.23. The molecule has 0 fully saturated rings. The lowest BCUT2D eigenvalue weighted by Gasteiger charge is -2.23. The van der Waals surface area contributed by atoms with Crippen LogP contribution in [0, 0.1) is 0 Å². The van der Waals surface area contributed by atoms with Crippen LogP contribution in [0.1, 0.15) is 0 Å². The Kier molecular flexibility index (Phi) is 5.59. The molecule has 116 valence electrons. The van der Waals surface area contributed by atoms with Gasteiger partial charge in [-0.1, -0.05) is 109 Å². The fourth-order valence-electron chi connectivity index (χ4n) is 2.77. The quantitative estimate of drug-likeness (QED) is 0.530. The molecule has 2 rings (SSSR count). The molecule has 0 bridgehead atoms. The van der Waals surface area contributed by atoms with Gasteiger partial charge in [-0.3, -0.25) is 0 Å². The molecule has 0 N–H and O–H groups in total. The Balaban J connectivity index is 1.96. The van der Waals surface area contributed by atoms with Crippen molar-refractivity contribution < 1.29 is 0 Å². The molecule has 0 nitrogen and oxygen atoms in total. The van der Waals surface area contributed by atoms with Gasteiger partial charge in [-0.25, -0.2) is 0 Å². The molecule has 0 unspecified atom stereocenters. The van der Waals surface area contributed by atoms with Gasteiger partial charge in [0.15, 0.2) is 0 Å². The summed E-state index contributed by atoms with van der Waals surface area (Å²) < 4.78 is 0. The van der Waals surface area contributed by atoms with Gasteiger partial charge in [0.05, 0.1) is 16.1 Å². The van der Waals surface area contributed by atoms with Crippen LogP contribution in [-0.2, 0) is 0 Å². The lowest BCUT2D eigenvalue weighted by molar-refractivity contribution is 1.46. The van der Waals surface area contributed by atoms with Crippen molar-refractivity contribution in [1.82, 2.24) is 0 Å². The van der Waals surface area contributed by atoms with E-state index in [2.05, 4.69) is 99.0 Å². The van der Waals surface area contributed by atoms with Crippen LogP contribution in [0.4, 0.5) is 0 Å². The highest BCUT2D eigenvalue weighted by atomic mass is 28.3. The highest BCUT2D eigenvalue weighted by Gasteiger charge is 2.23. The normalized spacial score (nSPS) is 12.7. The van der Waals surface area contributed by atoms with Crippen molar-refractivity contribution in [2.24, 2.45) is 0 Å². The fourth-order valence-corrected chi connectivity index (χ4v) is 6.94. The van der Waals surface area contributed by atoms with E-state index in [9.17, 15) is 0 Å². The predicted octanol–water partition coefficient (Wildman–Crippen LogP) is 4.77. The first-order valence-corrected chi connectivity index (χ1v) is 14.6. The van der Waals surface area contributed by atoms with Gasteiger partial charge >= 0.3 is 0 Å². The molecule has 2 aromatic carbocycles. The summed E-state index contributed by atoms with van der Waals surface area (Å²) in [6.07, 6.45) is 4.88. The minimum atomic E-state index is -1.33. The third-order valence-corrected chi connectivity index (χ3v) is 10.8. The van der Waals surface area contributed by atoms with Gasteiger partial charge in [-0.05, 0) is 12.1 Å². The van der Waals surface area contributed by atoms with Gasteiger partial charge in [0.25, 0.3) is 0 Å². The van der Waals surface area contributed by atoms with Gasteiger partial charge in [-0.2, -0.15) is 0 Å². The highest BCUT2D eigenvalue weighted by Crippen LogP contribution is 2.14. The number of hydrogen-bond donors (Lipinski definition) is 0. The van der Waals surface area contributed by atoms with E-state index in [1.54, 1.807) is 10.4 Å². The SMILES string of the molecule is C[Si](C)(C/C=C/C[Si](C)(C)c1ccccc1)c1ccccc1. The van der Waals surface area contributed by atoms with Crippen molar-refractivity contribution in [1.29, 1.82) is 0 Å². The van der Waals surface area contributed by atoms with E-state index < -0.39 is 16.1 Å². The molecule has 0 spiro atoms. The molecule has 0 aliphatic rings. The third kappa shape index (κ3) is 4.55. The smallest absolute Gasteiger partial charge is 0.0843 e. The van der Waals surface area contributed by atoms with E-state index in [0.717, 1.165) is 0 Å². The summed E-state index contributed by atoms with van der Waals surface area (Å²) in [4.78, 5) is 0. The van der Waals surface area contributed by atoms with Gasteiger partial charge in [0.1, 0.15) is 0 Å². The summed E-state index contributed by atoms with van der Waals surface area (Å²) in [6.45, 7) is 9.86. The Morgan fingerprint density at radius 1 is 0.591 bits per heavy atom. The number of benzene rings is 2. The first-order valence-electron chi connectivity index (χ1n) is 8.18. The van der Waals surface area contributed by atoms with E-state index in [1.165, 1.54) is 12.1 Å². The summed E-state index contributed by atoms with van der Waals surface area (Å²) in [6, 6.07) is 24.5. The molecular weight excluding hydrogens is 296 g/mol. The fraction of sp³-hybridized carbons (Fsp3) is 0.300. The largest absolute Gasteiger partial charge is 0.0912 e. The van der Waals surface area contributed by atoms with Crippen LogP contribution in [0.3, 0.4) is 0 Å². The van der Waals surface area contributed by atoms with Crippen molar-refractivity contribution in [2.45, 2.75) is 38.3 Å². The first kappa shape index (κ1) is 17.0. The molecular formula is C20H28Si2. The zero-order valence-corrected chi connectivity index (χ0v) is 16.3. The van der Waals surface area contributed by atoms with Crippen LogP contribution in [-0.4, -0.2) is 16.1 Å². The Hall–Kier alpha value is -1.39. The topological polar surface area (TPSA) is 0 Å². The van der Waals surface area contributed by atoms with Crippen molar-refractivity contribution in [2.75, 3.05) is 0 Å². The zero-order chi connectivity index (χ0) is 16.1. The van der Waals surface area contributed by atoms with Crippen LogP contribution in [0.2, 0.25) is 38.3 Å². The highest BCUT2D eigenvalue weighted by molar-refractivity contribution is 6.90. The molecule has 2 heteroatoms. The number of hydrogen-bond acceptors (Lipinski definition) is 0. The average Bonchev–Trinajstić information content (AvgIpc) is 2.53. The van der Waals surface area contributed by atoms with E-state index in [4.69, 9.17) is 0 Å². The van der Waals surface area contributed by atoms with Crippen molar-refractivity contribution in [3.63, 3.8) is 0 Å². The summed E-state index contributed by atoms with van der Waals surface area (Å²) in [5.41, 5.74) is 0. The minimum Gasteiger partial charge on any atom is -0.0912 e. The van der Waals surface area contributed by atoms with Crippen molar-refractivity contribution >= 4 is 26.5 Å². The van der Waals surface area contributed by atoms with Crippen LogP contribution in [0.25, 0.3) is 0 Å². The van der Waals surface area contributed by atoms with Crippen LogP contribution in [0.5, 0.6) is 0 Å². The first-order chi connectivity index (χ1) is 10.4. The maximum absolute atomic E-state index is 2.46. The molecule has 0 saturated carbocycles. The second-order valence-corrected chi connectivity index (χ2v) is 16.9. The van der Waals surface area contributed by atoms with Gasteiger partial charge < -0.3 is 0 Å². The average molecular weight is 325 g/mol. The molecule has 0 heterocycles. The molecule has 0 saturated heterocycles. The van der Waals surface area contributed by atoms with Crippen LogP contribution < -0.4 is 10.4 Å². The second-order valence-electron chi connectivity index (χ2n) is 7.38. The Bertz CT molecular complexity index is 543. The summed E-state index contributed by atoms with van der Waals surface area (Å²) >= 11 is 0. The van der Waals surface area contributed by atoms with Crippen LogP contribution in [0.15, 0.2) is 72.8 Å². The number of allylic oxidation sites excluding steroid dienone is 2. The zero-order valence-electron chi connectivity index (χ0n) is 14.3. The van der Waals surface area contributed by atoms with Gasteiger partial charge in [-0.15, -0.1) is 0 Å². The van der Waals surface area contributed by atoms with Crippen molar-refractivity contribution in [3.05, 3.63) is 72.8 Å². The molecule has 0 amide bonds. The van der Waals surface area contributed by atoms with E-state index in [1.807, 2.05) is 0 Å². The van der Waals surface area contributed by atoms with Crippen molar-refractivity contribution in [3.8, 4) is 0 Å². The summed E-state index contributed by atoms with van der Waals surface area (Å²) in [7, 11) is -2.65. The van der Waals surface area contributed by atoms with Crippen LogP contribution >= 0.6 is 0 Å². The lowest BCUT2D eigenvalue weighted by Crippen LogP contribution is -2.41. The van der Waals surface area contributed by atoms with Gasteiger partial charge in [0.2, 0.25) is 0 Å². The molecule has 0 aliphatic carbocycles. The van der Waals surface area contributed by atoms with E-state index >= 15 is 0 Å². The third-order valence-electron chi connectivity index (χ3n) is 4.53. The monoisotopic (exact) mass is 324 g/mol. The Morgan fingerprint density at radius 2 is 0.909 bits per heavy atom. The Morgan fingerprint density at radius 3 is 1.23 bits per heavy atom. The second kappa shape index (κ2) is 7.25. The number of rotatable bonds is 6. The Labute approximate surface area is 137 Å². The molecule has 0 radical (unpaired) electrons. The maximum Gasteiger partial charge on any atom is 0.0843 e. The van der Waals surface area contributed by atoms with E-state index in [0.29, 0.717) is 0 Å². The molecule has 22 heavy (non-hydrogen) atoms. The molecule has 0 atom stereocenters. The molecule has 0 aliphatic heterocycles. The maximum atomic E-state index is 2.46. The summed E-state index contributed by atoms with van der Waals surface area (Å²) in [5, 5.41) is 3.11. The molecule has 0 aromatic heterocycles.